The van der Waals surface area contributed by atoms with Crippen LogP contribution in [0.5, 0.6) is 11.5 Å². The Labute approximate surface area is 105 Å². The predicted octanol–water partition coefficient (Wildman–Crippen LogP) is 2.76. The highest BCUT2D eigenvalue weighted by Crippen LogP contribution is 2.44. The van der Waals surface area contributed by atoms with Gasteiger partial charge in [0.25, 0.3) is 0 Å². The molecule has 96 valence electrons. The van der Waals surface area contributed by atoms with E-state index in [2.05, 4.69) is 5.16 Å². The number of nitrogens with zero attached hydrogens (tertiary/aromatic N) is 1. The summed E-state index contributed by atoms with van der Waals surface area (Å²) in [5, 5.41) is 13.9. The van der Waals surface area contributed by atoms with Crippen LogP contribution in [0.1, 0.15) is 25.3 Å². The number of aromatic nitrogens is 1. The summed E-state index contributed by atoms with van der Waals surface area (Å²) in [6.45, 7) is 4.07. The number of hydrogen-bond donors (Lipinski definition) is 2. The van der Waals surface area contributed by atoms with Crippen molar-refractivity contribution in [3.63, 3.8) is 0 Å². The molecule has 0 aliphatic heterocycles. The topological polar surface area (TPSA) is 81.5 Å². The molecule has 5 heteroatoms. The first-order valence-electron chi connectivity index (χ1n) is 5.66. The molecule has 1 aromatic heterocycles. The summed E-state index contributed by atoms with van der Waals surface area (Å²) in [4.78, 5) is 0. The Bertz CT molecular complexity index is 561. The molecule has 0 amide bonds. The molecule has 0 atom stereocenters. The third kappa shape index (κ3) is 1.88. The van der Waals surface area contributed by atoms with Gasteiger partial charge in [0.1, 0.15) is 0 Å². The normalized spacial score (nSPS) is 10.9. The van der Waals surface area contributed by atoms with Crippen molar-refractivity contribution in [2.75, 3.05) is 12.8 Å². The van der Waals surface area contributed by atoms with Gasteiger partial charge in [-0.15, -0.1) is 0 Å². The van der Waals surface area contributed by atoms with Crippen molar-refractivity contribution in [3.05, 3.63) is 23.9 Å². The number of nitrogen functional groups attached to an aromatic ring is 1. The average Bonchev–Trinajstić information content (AvgIpc) is 2.74. The SMILES string of the molecule is COc1ccc(C(C)C)c(-c2cnoc2N)c1O. The van der Waals surface area contributed by atoms with E-state index < -0.39 is 0 Å². The Morgan fingerprint density at radius 3 is 2.61 bits per heavy atom. The van der Waals surface area contributed by atoms with Gasteiger partial charge in [-0.1, -0.05) is 25.1 Å². The fourth-order valence-corrected chi connectivity index (χ4v) is 1.95. The maximum Gasteiger partial charge on any atom is 0.230 e. The second-order valence-corrected chi connectivity index (χ2v) is 4.34. The van der Waals surface area contributed by atoms with Crippen molar-refractivity contribution in [2.45, 2.75) is 19.8 Å². The zero-order valence-electron chi connectivity index (χ0n) is 10.6. The molecule has 2 aromatic rings. The van der Waals surface area contributed by atoms with E-state index in [1.54, 1.807) is 6.07 Å². The van der Waals surface area contributed by atoms with Gasteiger partial charge in [0.05, 0.1) is 18.9 Å². The van der Waals surface area contributed by atoms with Crippen LogP contribution < -0.4 is 10.5 Å². The Kier molecular flexibility index (Phi) is 3.14. The van der Waals surface area contributed by atoms with E-state index in [4.69, 9.17) is 15.0 Å². The molecular formula is C13H16N2O3. The molecule has 0 radical (unpaired) electrons. The van der Waals surface area contributed by atoms with Crippen LogP contribution >= 0.6 is 0 Å². The summed E-state index contributed by atoms with van der Waals surface area (Å²) in [5.41, 5.74) is 7.88. The lowest BCUT2D eigenvalue weighted by Crippen LogP contribution is -1.96. The second kappa shape index (κ2) is 4.60. The number of aromatic hydroxyl groups is 1. The second-order valence-electron chi connectivity index (χ2n) is 4.34. The quantitative estimate of drug-likeness (QED) is 0.872. The minimum atomic E-state index is 0.0543. The van der Waals surface area contributed by atoms with Crippen LogP contribution in [-0.4, -0.2) is 17.4 Å². The van der Waals surface area contributed by atoms with Gasteiger partial charge in [-0.3, -0.25) is 0 Å². The standard InChI is InChI=1S/C13H16N2O3/c1-7(2)8-4-5-10(17-3)12(16)11(8)9-6-15-18-13(9)14/h4-7,16H,14H2,1-3H3. The molecule has 1 heterocycles. The fraction of sp³-hybridized carbons (Fsp3) is 0.308. The Balaban J connectivity index is 2.73. The molecule has 0 saturated heterocycles. The molecule has 5 nitrogen and oxygen atoms in total. The Morgan fingerprint density at radius 2 is 2.11 bits per heavy atom. The monoisotopic (exact) mass is 248 g/mol. The molecule has 0 bridgehead atoms. The number of rotatable bonds is 3. The smallest absolute Gasteiger partial charge is 0.230 e. The number of hydrogen-bond acceptors (Lipinski definition) is 5. The van der Waals surface area contributed by atoms with E-state index in [1.165, 1.54) is 13.3 Å². The van der Waals surface area contributed by atoms with E-state index in [0.29, 0.717) is 16.9 Å². The summed E-state index contributed by atoms with van der Waals surface area (Å²) in [6.07, 6.45) is 1.50. The zero-order chi connectivity index (χ0) is 13.3. The summed E-state index contributed by atoms with van der Waals surface area (Å²) < 4.78 is 9.97. The number of methoxy groups -OCH3 is 1. The van der Waals surface area contributed by atoms with Crippen LogP contribution in [0.4, 0.5) is 5.88 Å². The van der Waals surface area contributed by atoms with Gasteiger partial charge in [0.2, 0.25) is 5.88 Å². The minimum Gasteiger partial charge on any atom is -0.504 e. The van der Waals surface area contributed by atoms with Crippen molar-refractivity contribution >= 4 is 5.88 Å². The largest absolute Gasteiger partial charge is 0.504 e. The molecule has 0 aliphatic rings. The van der Waals surface area contributed by atoms with Crippen LogP contribution in [-0.2, 0) is 0 Å². The van der Waals surface area contributed by atoms with E-state index in [-0.39, 0.29) is 17.6 Å². The van der Waals surface area contributed by atoms with Gasteiger partial charge >= 0.3 is 0 Å². The molecule has 0 aliphatic carbocycles. The molecule has 0 fully saturated rings. The van der Waals surface area contributed by atoms with Gasteiger partial charge in [0, 0.05) is 5.56 Å². The predicted molar refractivity (Wildman–Crippen MR) is 68.7 cm³/mol. The molecule has 0 unspecified atom stereocenters. The van der Waals surface area contributed by atoms with Crippen LogP contribution in [0.3, 0.4) is 0 Å². The van der Waals surface area contributed by atoms with Crippen molar-refractivity contribution in [1.82, 2.24) is 5.16 Å². The summed E-state index contributed by atoms with van der Waals surface area (Å²) in [5.74, 6) is 0.861. The molecule has 0 spiro atoms. The lowest BCUT2D eigenvalue weighted by molar-refractivity contribution is 0.374. The number of anilines is 1. The van der Waals surface area contributed by atoms with Crippen molar-refractivity contribution in [3.8, 4) is 22.6 Å². The number of phenols is 1. The molecule has 2 rings (SSSR count). The number of phenolic OH excluding ortho intramolecular Hbond substituents is 1. The maximum atomic E-state index is 10.3. The highest BCUT2D eigenvalue weighted by atomic mass is 16.5. The fourth-order valence-electron chi connectivity index (χ4n) is 1.95. The van der Waals surface area contributed by atoms with Gasteiger partial charge in [0.15, 0.2) is 11.5 Å². The van der Waals surface area contributed by atoms with Crippen molar-refractivity contribution in [1.29, 1.82) is 0 Å². The van der Waals surface area contributed by atoms with E-state index in [0.717, 1.165) is 5.56 Å². The van der Waals surface area contributed by atoms with Gasteiger partial charge in [-0.05, 0) is 17.5 Å². The minimum absolute atomic E-state index is 0.0543. The van der Waals surface area contributed by atoms with Crippen LogP contribution in [0.2, 0.25) is 0 Å². The third-order valence-electron chi connectivity index (χ3n) is 2.88. The highest BCUT2D eigenvalue weighted by molar-refractivity contribution is 5.82. The van der Waals surface area contributed by atoms with Crippen LogP contribution in [0, 0.1) is 0 Å². The average molecular weight is 248 g/mol. The maximum absolute atomic E-state index is 10.3. The Morgan fingerprint density at radius 1 is 1.39 bits per heavy atom. The molecular weight excluding hydrogens is 232 g/mol. The first kappa shape index (κ1) is 12.3. The van der Waals surface area contributed by atoms with Crippen molar-refractivity contribution < 1.29 is 14.4 Å². The van der Waals surface area contributed by atoms with Gasteiger partial charge in [-0.25, -0.2) is 0 Å². The summed E-state index contributed by atoms with van der Waals surface area (Å²) in [6, 6.07) is 3.64. The van der Waals surface area contributed by atoms with Crippen LogP contribution in [0.15, 0.2) is 22.9 Å². The summed E-state index contributed by atoms with van der Waals surface area (Å²) >= 11 is 0. The molecule has 18 heavy (non-hydrogen) atoms. The first-order chi connectivity index (χ1) is 8.56. The van der Waals surface area contributed by atoms with Crippen LogP contribution in [0.25, 0.3) is 11.1 Å². The van der Waals surface area contributed by atoms with Gasteiger partial charge in [-0.2, -0.15) is 0 Å². The van der Waals surface area contributed by atoms with Crippen molar-refractivity contribution in [2.24, 2.45) is 0 Å². The molecule has 3 N–H and O–H groups in total. The lowest BCUT2D eigenvalue weighted by Gasteiger charge is -2.15. The van der Waals surface area contributed by atoms with E-state index in [9.17, 15) is 5.11 Å². The summed E-state index contributed by atoms with van der Waals surface area (Å²) in [7, 11) is 1.50. The molecule has 1 aromatic carbocycles. The number of benzene rings is 1. The molecule has 0 saturated carbocycles. The first-order valence-corrected chi connectivity index (χ1v) is 5.66. The van der Waals surface area contributed by atoms with Gasteiger partial charge < -0.3 is 20.1 Å². The lowest BCUT2D eigenvalue weighted by atomic mass is 9.92. The highest BCUT2D eigenvalue weighted by Gasteiger charge is 2.20. The van der Waals surface area contributed by atoms with E-state index in [1.807, 2.05) is 19.9 Å². The zero-order valence-corrected chi connectivity index (χ0v) is 10.6. The third-order valence-corrected chi connectivity index (χ3v) is 2.88. The van der Waals surface area contributed by atoms with E-state index >= 15 is 0 Å². The number of nitrogens with two attached hydrogens (primary N) is 1. The Hall–Kier alpha value is -2.17. The number of ether oxygens (including phenoxy) is 1.